The SMILES string of the molecule is CC(Cc1cccc(C(F)(F)F)c1)NCCOC(=O)c1ccccc1.COc1ccc2c(c1)OC1c3ccc(OC)cc3OCC21.Cl. The van der Waals surface area contributed by atoms with Crippen LogP contribution in [0.1, 0.15) is 51.6 Å². The van der Waals surface area contributed by atoms with Crippen LogP contribution in [0.4, 0.5) is 13.2 Å². The van der Waals surface area contributed by atoms with E-state index < -0.39 is 17.7 Å². The van der Waals surface area contributed by atoms with E-state index >= 15 is 0 Å². The van der Waals surface area contributed by atoms with Gasteiger partial charge in [-0.25, -0.2) is 4.79 Å². The largest absolute Gasteiger partial charge is 0.497 e. The minimum absolute atomic E-state index is 0. The number of methoxy groups -OCH3 is 2. The van der Waals surface area contributed by atoms with Crippen LogP contribution in [0.15, 0.2) is 91.0 Å². The van der Waals surface area contributed by atoms with Crippen LogP contribution in [0, 0.1) is 0 Å². The summed E-state index contributed by atoms with van der Waals surface area (Å²) < 4.78 is 65.8. The molecule has 4 aromatic carbocycles. The van der Waals surface area contributed by atoms with Crippen LogP contribution in [-0.2, 0) is 17.3 Å². The number of carbonyl (C=O) groups is 1. The molecule has 0 aliphatic carbocycles. The molecule has 0 spiro atoms. The second kappa shape index (κ2) is 15.9. The second-order valence-corrected chi connectivity index (χ2v) is 11.0. The Bertz CT molecular complexity index is 1640. The minimum Gasteiger partial charge on any atom is -0.497 e. The summed E-state index contributed by atoms with van der Waals surface area (Å²) in [6.45, 7) is 3.11. The maximum absolute atomic E-state index is 12.7. The minimum atomic E-state index is -4.34. The number of ether oxygens (including phenoxy) is 5. The number of rotatable bonds is 9. The first kappa shape index (κ1) is 35.4. The van der Waals surface area contributed by atoms with Crippen LogP contribution in [0.25, 0.3) is 0 Å². The summed E-state index contributed by atoms with van der Waals surface area (Å²) in [5.41, 5.74) is 2.70. The Kier molecular flexibility index (Phi) is 12.0. The van der Waals surface area contributed by atoms with E-state index in [9.17, 15) is 18.0 Å². The predicted octanol–water partition coefficient (Wildman–Crippen LogP) is 7.82. The molecular weight excluding hydrogens is 635 g/mol. The molecule has 1 N–H and O–H groups in total. The molecule has 3 unspecified atom stereocenters. The zero-order valence-electron chi connectivity index (χ0n) is 26.2. The fourth-order valence-corrected chi connectivity index (χ4v) is 5.48. The van der Waals surface area contributed by atoms with Gasteiger partial charge >= 0.3 is 12.1 Å². The highest BCUT2D eigenvalue weighted by Crippen LogP contribution is 2.52. The zero-order valence-corrected chi connectivity index (χ0v) is 27.0. The van der Waals surface area contributed by atoms with Crippen molar-refractivity contribution in [1.29, 1.82) is 0 Å². The number of nitrogens with one attached hydrogen (secondary N) is 1. The van der Waals surface area contributed by atoms with E-state index in [1.165, 1.54) is 11.6 Å². The number of carbonyl (C=O) groups excluding carboxylic acids is 1. The Morgan fingerprint density at radius 1 is 0.894 bits per heavy atom. The molecule has 2 aliphatic rings. The van der Waals surface area contributed by atoms with Gasteiger partial charge in [-0.2, -0.15) is 13.2 Å². The maximum atomic E-state index is 12.7. The van der Waals surface area contributed by atoms with Gasteiger partial charge in [0.1, 0.15) is 35.7 Å². The van der Waals surface area contributed by atoms with Gasteiger partial charge in [0, 0.05) is 35.8 Å². The van der Waals surface area contributed by atoms with E-state index in [4.69, 9.17) is 23.7 Å². The molecule has 7 nitrogen and oxygen atoms in total. The van der Waals surface area contributed by atoms with E-state index in [0.29, 0.717) is 30.7 Å². The van der Waals surface area contributed by atoms with Gasteiger partial charge in [-0.05, 0) is 55.3 Å². The Hall–Kier alpha value is -4.41. The van der Waals surface area contributed by atoms with Crippen molar-refractivity contribution in [3.05, 3.63) is 119 Å². The van der Waals surface area contributed by atoms with E-state index in [1.807, 2.05) is 43.3 Å². The second-order valence-electron chi connectivity index (χ2n) is 11.0. The predicted molar refractivity (Wildman–Crippen MR) is 174 cm³/mol. The van der Waals surface area contributed by atoms with E-state index in [0.717, 1.165) is 40.7 Å². The molecular formula is C36H37ClF3NO6. The highest BCUT2D eigenvalue weighted by Gasteiger charge is 2.41. The highest BCUT2D eigenvalue weighted by molar-refractivity contribution is 5.89. The lowest BCUT2D eigenvalue weighted by atomic mass is 9.89. The first-order valence-corrected chi connectivity index (χ1v) is 14.9. The molecule has 3 atom stereocenters. The average Bonchev–Trinajstić information content (AvgIpc) is 3.45. The Morgan fingerprint density at radius 3 is 2.26 bits per heavy atom. The Morgan fingerprint density at radius 2 is 1.57 bits per heavy atom. The number of hydrogen-bond acceptors (Lipinski definition) is 7. The standard InChI is InChI=1S/C19H20F3NO2.C17H16O4.ClH/c1-14(12-15-6-5-9-17(13-15)19(20,21)22)23-10-11-25-18(24)16-7-3-2-4-8-16;1-18-10-4-6-13-15(7-10)20-9-14-12-5-3-11(19-2)8-16(12)21-17(13)14;/h2-9,13-14,23H,10-12H2,1H3;3-8,14,17H,9H2,1-2H3;1H. The molecule has 0 saturated heterocycles. The summed E-state index contributed by atoms with van der Waals surface area (Å²) in [6.07, 6.45) is -3.88. The van der Waals surface area contributed by atoms with Crippen molar-refractivity contribution >= 4 is 18.4 Å². The molecule has 6 rings (SSSR count). The van der Waals surface area contributed by atoms with Crippen molar-refractivity contribution in [2.75, 3.05) is 34.0 Å². The van der Waals surface area contributed by atoms with Crippen molar-refractivity contribution < 1.29 is 41.7 Å². The molecule has 4 aromatic rings. The number of esters is 1. The summed E-state index contributed by atoms with van der Waals surface area (Å²) in [6, 6.07) is 25.8. The van der Waals surface area contributed by atoms with Crippen molar-refractivity contribution in [1.82, 2.24) is 5.32 Å². The number of halogens is 4. The third kappa shape index (κ3) is 8.90. The van der Waals surface area contributed by atoms with Gasteiger partial charge in [0.25, 0.3) is 0 Å². The molecule has 47 heavy (non-hydrogen) atoms. The lowest BCUT2D eigenvalue weighted by Gasteiger charge is -2.28. The summed E-state index contributed by atoms with van der Waals surface area (Å²) in [5.74, 6) is 3.17. The van der Waals surface area contributed by atoms with E-state index in [1.54, 1.807) is 44.6 Å². The van der Waals surface area contributed by atoms with Crippen LogP contribution in [-0.4, -0.2) is 46.0 Å². The van der Waals surface area contributed by atoms with Crippen molar-refractivity contribution in [2.24, 2.45) is 0 Å². The quantitative estimate of drug-likeness (QED) is 0.144. The molecule has 11 heteroatoms. The van der Waals surface area contributed by atoms with Gasteiger partial charge in [0.15, 0.2) is 0 Å². The molecule has 0 aromatic heterocycles. The Labute approximate surface area is 278 Å². The normalized spacial score (nSPS) is 16.3. The fourth-order valence-electron chi connectivity index (χ4n) is 5.48. The van der Waals surface area contributed by atoms with E-state index in [2.05, 4.69) is 11.4 Å². The number of fused-ring (bicyclic) bond motifs is 5. The number of benzene rings is 4. The number of alkyl halides is 3. The van der Waals surface area contributed by atoms with Crippen LogP contribution < -0.4 is 24.3 Å². The molecule has 0 saturated carbocycles. The third-order valence-corrected chi connectivity index (χ3v) is 7.82. The lowest BCUT2D eigenvalue weighted by Crippen LogP contribution is -2.31. The molecule has 2 aliphatic heterocycles. The third-order valence-electron chi connectivity index (χ3n) is 7.82. The van der Waals surface area contributed by atoms with Crippen LogP contribution in [0.3, 0.4) is 0 Å². The molecule has 0 amide bonds. The summed E-state index contributed by atoms with van der Waals surface area (Å²) in [4.78, 5) is 11.8. The summed E-state index contributed by atoms with van der Waals surface area (Å²) in [5, 5.41) is 3.14. The molecule has 0 fully saturated rings. The molecule has 250 valence electrons. The van der Waals surface area contributed by atoms with Gasteiger partial charge in [-0.3, -0.25) is 0 Å². The lowest BCUT2D eigenvalue weighted by molar-refractivity contribution is -0.137. The van der Waals surface area contributed by atoms with Gasteiger partial charge in [0.05, 0.1) is 37.9 Å². The van der Waals surface area contributed by atoms with Gasteiger partial charge in [-0.15, -0.1) is 12.4 Å². The van der Waals surface area contributed by atoms with Crippen LogP contribution in [0.5, 0.6) is 23.0 Å². The zero-order chi connectivity index (χ0) is 32.7. The van der Waals surface area contributed by atoms with Crippen molar-refractivity contribution in [3.8, 4) is 23.0 Å². The molecule has 0 radical (unpaired) electrons. The summed E-state index contributed by atoms with van der Waals surface area (Å²) >= 11 is 0. The smallest absolute Gasteiger partial charge is 0.416 e. The molecule has 2 heterocycles. The summed E-state index contributed by atoms with van der Waals surface area (Å²) in [7, 11) is 3.32. The topological polar surface area (TPSA) is 75.3 Å². The van der Waals surface area contributed by atoms with Gasteiger partial charge < -0.3 is 29.0 Å². The average molecular weight is 672 g/mol. The maximum Gasteiger partial charge on any atom is 0.416 e. The first-order valence-electron chi connectivity index (χ1n) is 14.9. The Balaban J connectivity index is 0.000000210. The number of hydrogen-bond donors (Lipinski definition) is 1. The van der Waals surface area contributed by atoms with E-state index in [-0.39, 0.29) is 37.1 Å². The monoisotopic (exact) mass is 671 g/mol. The molecule has 0 bridgehead atoms. The van der Waals surface area contributed by atoms with Crippen LogP contribution in [0.2, 0.25) is 0 Å². The van der Waals surface area contributed by atoms with Crippen molar-refractivity contribution in [3.63, 3.8) is 0 Å². The van der Waals surface area contributed by atoms with Gasteiger partial charge in [-0.1, -0.05) is 42.5 Å². The highest BCUT2D eigenvalue weighted by atomic mass is 35.5. The van der Waals surface area contributed by atoms with Crippen molar-refractivity contribution in [2.45, 2.75) is 37.6 Å². The van der Waals surface area contributed by atoms with Gasteiger partial charge in [0.2, 0.25) is 0 Å². The first-order chi connectivity index (χ1) is 22.2. The fraction of sp³-hybridized carbons (Fsp3) is 0.306. The van der Waals surface area contributed by atoms with Crippen LogP contribution >= 0.6 is 12.4 Å².